The highest BCUT2D eigenvalue weighted by molar-refractivity contribution is 7.89. The van der Waals surface area contributed by atoms with Crippen molar-refractivity contribution in [1.82, 2.24) is 9.21 Å². The van der Waals surface area contributed by atoms with Gasteiger partial charge in [0, 0.05) is 26.2 Å². The molecule has 0 radical (unpaired) electrons. The molecular weight excluding hydrogens is 324 g/mol. The van der Waals surface area contributed by atoms with Gasteiger partial charge in [0.1, 0.15) is 11.5 Å². The standard InChI is InChI=1S/C18H22N2O3S/c1-15-5-3-4-6-18(15)23-16-7-9-17(10-8-16)24(21,22)20-13-11-19(2)12-14-20/h3-10H,11-14H2,1-2H3. The Labute approximate surface area is 143 Å². The second-order valence-electron chi connectivity index (χ2n) is 6.05. The van der Waals surface area contributed by atoms with Gasteiger partial charge in [0.25, 0.3) is 0 Å². The first kappa shape index (κ1) is 17.0. The number of hydrogen-bond acceptors (Lipinski definition) is 4. The van der Waals surface area contributed by atoms with Gasteiger partial charge in [-0.3, -0.25) is 0 Å². The molecule has 2 aromatic rings. The maximum atomic E-state index is 12.7. The predicted molar refractivity (Wildman–Crippen MR) is 94.0 cm³/mol. The molecule has 24 heavy (non-hydrogen) atoms. The second kappa shape index (κ2) is 6.93. The number of ether oxygens (including phenoxy) is 1. The lowest BCUT2D eigenvalue weighted by Crippen LogP contribution is -2.46. The lowest BCUT2D eigenvalue weighted by Gasteiger charge is -2.31. The van der Waals surface area contributed by atoms with Crippen LogP contribution in [0, 0.1) is 6.92 Å². The molecule has 0 saturated carbocycles. The lowest BCUT2D eigenvalue weighted by molar-refractivity contribution is 0.222. The van der Waals surface area contributed by atoms with Crippen LogP contribution in [0.5, 0.6) is 11.5 Å². The molecule has 128 valence electrons. The van der Waals surface area contributed by atoms with E-state index in [2.05, 4.69) is 4.90 Å². The van der Waals surface area contributed by atoms with Crippen LogP contribution in [-0.2, 0) is 10.0 Å². The monoisotopic (exact) mass is 346 g/mol. The summed E-state index contributed by atoms with van der Waals surface area (Å²) in [5, 5.41) is 0. The summed E-state index contributed by atoms with van der Waals surface area (Å²) in [7, 11) is -1.43. The molecule has 3 rings (SSSR count). The molecule has 0 unspecified atom stereocenters. The first-order valence-corrected chi connectivity index (χ1v) is 9.43. The molecule has 5 nitrogen and oxygen atoms in total. The quantitative estimate of drug-likeness (QED) is 0.854. The summed E-state index contributed by atoms with van der Waals surface area (Å²) in [6.07, 6.45) is 0. The molecule has 0 amide bonds. The van der Waals surface area contributed by atoms with Crippen molar-refractivity contribution >= 4 is 10.0 Å². The summed E-state index contributed by atoms with van der Waals surface area (Å²) < 4.78 is 32.7. The van der Waals surface area contributed by atoms with E-state index >= 15 is 0 Å². The lowest BCUT2D eigenvalue weighted by atomic mass is 10.2. The van der Waals surface area contributed by atoms with E-state index in [0.29, 0.717) is 23.7 Å². The van der Waals surface area contributed by atoms with Crippen molar-refractivity contribution < 1.29 is 13.2 Å². The predicted octanol–water partition coefficient (Wildman–Crippen LogP) is 2.72. The fraction of sp³-hybridized carbons (Fsp3) is 0.333. The number of sulfonamides is 1. The molecule has 1 fully saturated rings. The normalized spacial score (nSPS) is 16.9. The summed E-state index contributed by atoms with van der Waals surface area (Å²) in [5.41, 5.74) is 1.03. The topological polar surface area (TPSA) is 49.9 Å². The van der Waals surface area contributed by atoms with E-state index in [1.807, 2.05) is 38.2 Å². The third-order valence-electron chi connectivity index (χ3n) is 4.25. The Morgan fingerprint density at radius 3 is 2.17 bits per heavy atom. The van der Waals surface area contributed by atoms with Crippen LogP contribution in [0.2, 0.25) is 0 Å². The number of likely N-dealkylation sites (N-methyl/N-ethyl adjacent to an activating group) is 1. The molecule has 0 atom stereocenters. The first-order valence-electron chi connectivity index (χ1n) is 7.99. The van der Waals surface area contributed by atoms with Gasteiger partial charge in [0.05, 0.1) is 4.90 Å². The summed E-state index contributed by atoms with van der Waals surface area (Å²) >= 11 is 0. The van der Waals surface area contributed by atoms with E-state index in [-0.39, 0.29) is 0 Å². The third kappa shape index (κ3) is 3.61. The fourth-order valence-electron chi connectivity index (χ4n) is 2.66. The van der Waals surface area contributed by atoms with E-state index in [0.717, 1.165) is 24.4 Å². The van der Waals surface area contributed by atoms with Crippen LogP contribution in [0.25, 0.3) is 0 Å². The molecular formula is C18H22N2O3S. The van der Waals surface area contributed by atoms with E-state index < -0.39 is 10.0 Å². The second-order valence-corrected chi connectivity index (χ2v) is 7.98. The number of rotatable bonds is 4. The van der Waals surface area contributed by atoms with Crippen molar-refractivity contribution in [2.75, 3.05) is 33.2 Å². The Bertz CT molecular complexity index is 795. The van der Waals surface area contributed by atoms with Crippen molar-refractivity contribution in [3.05, 3.63) is 54.1 Å². The Hall–Kier alpha value is -1.89. The summed E-state index contributed by atoms with van der Waals surface area (Å²) in [6, 6.07) is 14.4. The van der Waals surface area contributed by atoms with Crippen LogP contribution in [0.1, 0.15) is 5.56 Å². The van der Waals surface area contributed by atoms with Gasteiger partial charge in [-0.2, -0.15) is 4.31 Å². The molecule has 1 aliphatic heterocycles. The Balaban J connectivity index is 1.75. The smallest absolute Gasteiger partial charge is 0.243 e. The van der Waals surface area contributed by atoms with Crippen LogP contribution >= 0.6 is 0 Å². The molecule has 6 heteroatoms. The third-order valence-corrected chi connectivity index (χ3v) is 6.16. The van der Waals surface area contributed by atoms with Gasteiger partial charge in [-0.25, -0.2) is 8.42 Å². The van der Waals surface area contributed by atoms with Gasteiger partial charge >= 0.3 is 0 Å². The van der Waals surface area contributed by atoms with Crippen LogP contribution in [0.4, 0.5) is 0 Å². The number of piperazine rings is 1. The molecule has 1 saturated heterocycles. The molecule has 0 N–H and O–H groups in total. The van der Waals surface area contributed by atoms with Crippen LogP contribution in [-0.4, -0.2) is 50.8 Å². The zero-order valence-electron chi connectivity index (χ0n) is 14.0. The van der Waals surface area contributed by atoms with Crippen LogP contribution in [0.15, 0.2) is 53.4 Å². The molecule has 0 aliphatic carbocycles. The molecule has 2 aromatic carbocycles. The summed E-state index contributed by atoms with van der Waals surface area (Å²) in [5.74, 6) is 1.40. The maximum Gasteiger partial charge on any atom is 0.243 e. The highest BCUT2D eigenvalue weighted by Gasteiger charge is 2.27. The van der Waals surface area contributed by atoms with Crippen LogP contribution < -0.4 is 4.74 Å². The first-order chi connectivity index (χ1) is 11.5. The molecule has 0 bridgehead atoms. The Kier molecular flexibility index (Phi) is 4.89. The highest BCUT2D eigenvalue weighted by Crippen LogP contribution is 2.26. The average molecular weight is 346 g/mol. The van der Waals surface area contributed by atoms with Gasteiger partial charge < -0.3 is 9.64 Å². The minimum absolute atomic E-state index is 0.309. The average Bonchev–Trinajstić information content (AvgIpc) is 2.58. The van der Waals surface area contributed by atoms with Crippen molar-refractivity contribution in [2.45, 2.75) is 11.8 Å². The van der Waals surface area contributed by atoms with Gasteiger partial charge in [-0.05, 0) is 49.9 Å². The summed E-state index contributed by atoms with van der Waals surface area (Å²) in [6.45, 7) is 4.55. The van der Waals surface area contributed by atoms with Gasteiger partial charge in [0.15, 0.2) is 0 Å². The number of para-hydroxylation sites is 1. The molecule has 1 aliphatic rings. The zero-order chi connectivity index (χ0) is 17.2. The Morgan fingerprint density at radius 1 is 0.917 bits per heavy atom. The number of benzene rings is 2. The molecule has 0 aromatic heterocycles. The molecule has 1 heterocycles. The van der Waals surface area contributed by atoms with E-state index in [4.69, 9.17) is 4.74 Å². The SMILES string of the molecule is Cc1ccccc1Oc1ccc(S(=O)(=O)N2CCN(C)CC2)cc1. The minimum Gasteiger partial charge on any atom is -0.457 e. The molecule has 0 spiro atoms. The van der Waals surface area contributed by atoms with Gasteiger partial charge in [0.2, 0.25) is 10.0 Å². The van der Waals surface area contributed by atoms with Crippen molar-refractivity contribution in [1.29, 1.82) is 0 Å². The number of hydrogen-bond donors (Lipinski definition) is 0. The van der Waals surface area contributed by atoms with Gasteiger partial charge in [-0.1, -0.05) is 18.2 Å². The zero-order valence-corrected chi connectivity index (χ0v) is 14.8. The van der Waals surface area contributed by atoms with Crippen molar-refractivity contribution in [3.63, 3.8) is 0 Å². The van der Waals surface area contributed by atoms with Crippen LogP contribution in [0.3, 0.4) is 0 Å². The van der Waals surface area contributed by atoms with Crippen molar-refractivity contribution in [3.8, 4) is 11.5 Å². The van der Waals surface area contributed by atoms with Gasteiger partial charge in [-0.15, -0.1) is 0 Å². The minimum atomic E-state index is -3.43. The highest BCUT2D eigenvalue weighted by atomic mass is 32.2. The number of aryl methyl sites for hydroxylation is 1. The fourth-order valence-corrected chi connectivity index (χ4v) is 4.08. The van der Waals surface area contributed by atoms with E-state index in [9.17, 15) is 8.42 Å². The Morgan fingerprint density at radius 2 is 1.54 bits per heavy atom. The maximum absolute atomic E-state index is 12.7. The summed E-state index contributed by atoms with van der Waals surface area (Å²) in [4.78, 5) is 2.44. The largest absolute Gasteiger partial charge is 0.457 e. The van der Waals surface area contributed by atoms with Crippen molar-refractivity contribution in [2.24, 2.45) is 0 Å². The van der Waals surface area contributed by atoms with E-state index in [1.54, 1.807) is 28.6 Å². The number of nitrogens with zero attached hydrogens (tertiary/aromatic N) is 2. The van der Waals surface area contributed by atoms with E-state index in [1.165, 1.54) is 0 Å².